The Kier molecular flexibility index (Phi) is 7.54. The molecule has 0 spiro atoms. The van der Waals surface area contributed by atoms with Gasteiger partial charge >= 0.3 is 5.97 Å². The summed E-state index contributed by atoms with van der Waals surface area (Å²) in [6.07, 6.45) is -1.70. The molecule has 0 bridgehead atoms. The molecule has 1 atom stereocenters. The van der Waals surface area contributed by atoms with Crippen molar-refractivity contribution in [1.29, 1.82) is 5.41 Å². The van der Waals surface area contributed by atoms with Crippen LogP contribution in [0.3, 0.4) is 0 Å². The minimum atomic E-state index is -1.20. The number of amides is 1. The number of halogens is 1. The number of carbonyl (C=O) groups excluding carboxylic acids is 2. The van der Waals surface area contributed by atoms with E-state index in [1.54, 1.807) is 26.0 Å². The molecule has 0 saturated carbocycles. The molecule has 10 nitrogen and oxygen atoms in total. The fourth-order valence-electron chi connectivity index (χ4n) is 4.69. The van der Waals surface area contributed by atoms with E-state index in [1.807, 2.05) is 20.8 Å². The van der Waals surface area contributed by atoms with E-state index in [1.165, 1.54) is 11.0 Å². The first kappa shape index (κ1) is 27.9. The minimum Gasteiger partial charge on any atom is -0.490 e. The molecule has 2 aromatic carbocycles. The number of ether oxygens (including phenoxy) is 3. The number of anilines is 1. The van der Waals surface area contributed by atoms with Crippen LogP contribution in [0.2, 0.25) is 0 Å². The fraction of sp³-hybridized carbons (Fsp3) is 0.429. The van der Waals surface area contributed by atoms with Gasteiger partial charge in [-0.15, -0.1) is 0 Å². The van der Waals surface area contributed by atoms with Gasteiger partial charge in [-0.05, 0) is 43.0 Å². The number of Topliss-reactive ketones (excluding diaryl/α,β-unsaturated/α-hetero) is 1. The lowest BCUT2D eigenvalue weighted by molar-refractivity contribution is -0.142. The number of hydrogen-bond donors (Lipinski definition) is 3. The van der Waals surface area contributed by atoms with Crippen molar-refractivity contribution in [2.45, 2.75) is 59.1 Å². The molecule has 0 aromatic heterocycles. The zero-order chi connectivity index (χ0) is 28.6. The van der Waals surface area contributed by atoms with Gasteiger partial charge in [-0.1, -0.05) is 20.8 Å². The average Bonchev–Trinajstić information content (AvgIpc) is 3.15. The van der Waals surface area contributed by atoms with Crippen LogP contribution in [-0.2, 0) is 21.5 Å². The summed E-state index contributed by atoms with van der Waals surface area (Å²) in [7, 11) is 0. The Hall–Kier alpha value is -4.15. The maximum atomic E-state index is 15.4. The zero-order valence-corrected chi connectivity index (χ0v) is 22.6. The highest BCUT2D eigenvalue weighted by molar-refractivity contribution is 6.07. The number of fused-ring (bicyclic) bond motifs is 2. The maximum Gasteiger partial charge on any atom is 0.307 e. The van der Waals surface area contributed by atoms with Crippen LogP contribution >= 0.6 is 0 Å². The Morgan fingerprint density at radius 1 is 1.21 bits per heavy atom. The van der Waals surface area contributed by atoms with Gasteiger partial charge in [0, 0.05) is 17.7 Å². The Balaban J connectivity index is 1.64. The number of rotatable bonds is 9. The van der Waals surface area contributed by atoms with Crippen molar-refractivity contribution >= 4 is 29.2 Å². The third-order valence-corrected chi connectivity index (χ3v) is 6.50. The van der Waals surface area contributed by atoms with E-state index in [2.05, 4.69) is 5.32 Å². The molecule has 1 unspecified atom stereocenters. The summed E-state index contributed by atoms with van der Waals surface area (Å²) in [6.45, 7) is 9.68. The van der Waals surface area contributed by atoms with Crippen molar-refractivity contribution in [3.05, 3.63) is 46.3 Å². The van der Waals surface area contributed by atoms with Crippen molar-refractivity contribution in [2.24, 2.45) is 0 Å². The van der Waals surface area contributed by atoms with Gasteiger partial charge in [-0.3, -0.25) is 19.8 Å². The summed E-state index contributed by atoms with van der Waals surface area (Å²) < 4.78 is 32.2. The summed E-state index contributed by atoms with van der Waals surface area (Å²) >= 11 is 0. The van der Waals surface area contributed by atoms with Crippen LogP contribution in [0, 0.1) is 11.2 Å². The molecule has 2 heterocycles. The van der Waals surface area contributed by atoms with Crippen molar-refractivity contribution in [2.75, 3.05) is 25.1 Å². The highest BCUT2D eigenvalue weighted by Gasteiger charge is 2.36. The topological polar surface area (TPSA) is 138 Å². The third kappa shape index (κ3) is 5.39. The van der Waals surface area contributed by atoms with Crippen LogP contribution in [0.4, 0.5) is 10.1 Å². The van der Waals surface area contributed by atoms with E-state index in [4.69, 9.17) is 24.7 Å². The Morgan fingerprint density at radius 2 is 1.90 bits per heavy atom. The van der Waals surface area contributed by atoms with Crippen LogP contribution in [0.15, 0.2) is 18.2 Å². The minimum absolute atomic E-state index is 0.0579. The number of amidine groups is 1. The number of nitrogens with one attached hydrogen (secondary N) is 2. The number of carbonyl (C=O) groups is 3. The highest BCUT2D eigenvalue weighted by atomic mass is 19.1. The number of ketones is 1. The number of carboxylic acids is 1. The molecule has 2 aliphatic rings. The summed E-state index contributed by atoms with van der Waals surface area (Å²) in [5.74, 6) is -2.46. The van der Waals surface area contributed by atoms with Gasteiger partial charge < -0.3 is 29.5 Å². The van der Waals surface area contributed by atoms with Gasteiger partial charge in [0.15, 0.2) is 29.2 Å². The fourth-order valence-corrected chi connectivity index (χ4v) is 4.69. The number of nitrogens with zero attached hydrogens (tertiary/aromatic N) is 1. The van der Waals surface area contributed by atoms with Gasteiger partial charge in [-0.25, -0.2) is 4.39 Å². The lowest BCUT2D eigenvalue weighted by atomic mass is 9.84. The Bertz CT molecular complexity index is 1370. The van der Waals surface area contributed by atoms with Crippen molar-refractivity contribution in [3.63, 3.8) is 0 Å². The molecule has 208 valence electrons. The Morgan fingerprint density at radius 3 is 2.51 bits per heavy atom. The van der Waals surface area contributed by atoms with Gasteiger partial charge in [-0.2, -0.15) is 0 Å². The van der Waals surface area contributed by atoms with Gasteiger partial charge in [0.2, 0.25) is 0 Å². The van der Waals surface area contributed by atoms with Crippen LogP contribution < -0.4 is 19.5 Å². The normalized spacial score (nSPS) is 16.3. The first-order chi connectivity index (χ1) is 18.3. The molecule has 2 aromatic rings. The second kappa shape index (κ2) is 10.5. The molecule has 2 aliphatic heterocycles. The summed E-state index contributed by atoms with van der Waals surface area (Å²) in [5.41, 5.74) is 1.23. The smallest absolute Gasteiger partial charge is 0.307 e. The lowest BCUT2D eigenvalue weighted by Crippen LogP contribution is -2.39. The quantitative estimate of drug-likeness (QED) is 0.403. The van der Waals surface area contributed by atoms with Gasteiger partial charge in [0.05, 0.1) is 37.4 Å². The monoisotopic (exact) mass is 541 g/mol. The summed E-state index contributed by atoms with van der Waals surface area (Å²) in [4.78, 5) is 38.6. The number of hydrogen-bond acceptors (Lipinski definition) is 7. The lowest BCUT2D eigenvalue weighted by Gasteiger charge is -2.31. The number of carboxylic acid groups (broad SMARTS) is 1. The molecule has 3 N–H and O–H groups in total. The molecule has 11 heteroatoms. The first-order valence-electron chi connectivity index (χ1n) is 12.7. The van der Waals surface area contributed by atoms with Gasteiger partial charge in [0.1, 0.15) is 11.6 Å². The number of benzene rings is 2. The van der Waals surface area contributed by atoms with Crippen LogP contribution in [-0.4, -0.2) is 59.4 Å². The Labute approximate surface area is 225 Å². The van der Waals surface area contributed by atoms with Crippen LogP contribution in [0.25, 0.3) is 0 Å². The molecule has 0 aliphatic carbocycles. The molecule has 0 fully saturated rings. The third-order valence-electron chi connectivity index (χ3n) is 6.50. The predicted octanol–water partition coefficient (Wildman–Crippen LogP) is 4.12. The first-order valence-corrected chi connectivity index (χ1v) is 12.7. The zero-order valence-electron chi connectivity index (χ0n) is 22.6. The van der Waals surface area contributed by atoms with Crippen molar-refractivity contribution in [1.82, 2.24) is 4.90 Å². The largest absolute Gasteiger partial charge is 0.490 e. The molecular formula is C28H32FN3O7. The maximum absolute atomic E-state index is 15.4. The van der Waals surface area contributed by atoms with Crippen molar-refractivity contribution < 1.29 is 38.1 Å². The van der Waals surface area contributed by atoms with E-state index in [0.29, 0.717) is 23.5 Å². The van der Waals surface area contributed by atoms with E-state index in [9.17, 15) is 14.4 Å². The van der Waals surface area contributed by atoms with Crippen LogP contribution in [0.5, 0.6) is 17.2 Å². The summed E-state index contributed by atoms with van der Waals surface area (Å²) in [6, 6.07) is 4.78. The van der Waals surface area contributed by atoms with Crippen LogP contribution in [0.1, 0.15) is 68.1 Å². The van der Waals surface area contributed by atoms with E-state index in [-0.39, 0.29) is 59.6 Å². The molecule has 39 heavy (non-hydrogen) atoms. The molecular weight excluding hydrogens is 509 g/mol. The SMILES string of the molecule is CCOc1cc2c(c(F)c1OCC)C(=N)N(CC(=O)c1cc3c(c(C(C)(C)C)c1)OC(CC(=O)O)C(=O)N3)C2. The molecule has 0 radical (unpaired) electrons. The van der Waals surface area contributed by atoms with Gasteiger partial charge in [0.25, 0.3) is 5.91 Å². The van der Waals surface area contributed by atoms with E-state index < -0.39 is 35.6 Å². The molecule has 4 rings (SSSR count). The standard InChI is InChI=1S/C28H32FN3O7/c1-6-37-19-10-15-12-32(26(30)22(15)23(29)25(19)38-7-2)13-18(33)14-8-16(28(3,4)5)24-17(9-14)31-27(36)20(39-24)11-21(34)35/h8-10,20,30H,6-7,11-13H2,1-5H3,(H,31,36)(H,34,35). The highest BCUT2D eigenvalue weighted by Crippen LogP contribution is 2.42. The second-order valence-corrected chi connectivity index (χ2v) is 10.4. The predicted molar refractivity (Wildman–Crippen MR) is 141 cm³/mol. The van der Waals surface area contributed by atoms with E-state index >= 15 is 4.39 Å². The van der Waals surface area contributed by atoms with Crippen molar-refractivity contribution in [3.8, 4) is 17.2 Å². The average molecular weight is 542 g/mol. The summed E-state index contributed by atoms with van der Waals surface area (Å²) in [5, 5.41) is 20.4. The molecule has 1 amide bonds. The number of aliphatic carboxylic acids is 1. The van der Waals surface area contributed by atoms with E-state index in [0.717, 1.165) is 0 Å². The molecule has 0 saturated heterocycles. The second-order valence-electron chi connectivity index (χ2n) is 10.4.